The molecule has 0 saturated carbocycles. The van der Waals surface area contributed by atoms with Gasteiger partial charge >= 0.3 is 0 Å². The maximum Gasteiger partial charge on any atom is 0.229 e. The number of rotatable bonds is 6. The van der Waals surface area contributed by atoms with Crippen LogP contribution in [-0.2, 0) is 16.0 Å². The van der Waals surface area contributed by atoms with Crippen molar-refractivity contribution in [3.05, 3.63) is 72.1 Å². The molecule has 0 unspecified atom stereocenters. The van der Waals surface area contributed by atoms with Gasteiger partial charge in [-0.2, -0.15) is 0 Å². The van der Waals surface area contributed by atoms with Crippen molar-refractivity contribution in [3.8, 4) is 16.9 Å². The fourth-order valence-corrected chi connectivity index (χ4v) is 5.49. The molecule has 2 N–H and O–H groups in total. The molecule has 0 bridgehead atoms. The number of carbonyl (C=O) groups excluding carboxylic acids is 1. The Morgan fingerprint density at radius 1 is 1.17 bits per heavy atom. The number of ether oxygens (including phenoxy) is 2. The monoisotopic (exact) mass is 472 g/mol. The molecule has 0 spiro atoms. The maximum absolute atomic E-state index is 14.3. The summed E-state index contributed by atoms with van der Waals surface area (Å²) < 4.78 is 11.1. The Balaban J connectivity index is 1.51. The lowest BCUT2D eigenvalue weighted by Crippen LogP contribution is -2.48. The lowest BCUT2D eigenvalue weighted by Gasteiger charge is -2.40. The van der Waals surface area contributed by atoms with Crippen LogP contribution in [0.4, 0.5) is 5.95 Å². The summed E-state index contributed by atoms with van der Waals surface area (Å²) in [7, 11) is 1.65. The molecule has 3 aromatic rings. The molecule has 7 nitrogen and oxygen atoms in total. The zero-order valence-corrected chi connectivity index (χ0v) is 20.2. The van der Waals surface area contributed by atoms with Gasteiger partial charge in [-0.1, -0.05) is 42.5 Å². The predicted octanol–water partition coefficient (Wildman–Crippen LogP) is 4.44. The SMILES string of the molecule is COc1cccc(-c2cnc(N)nc2[C@H]2CCCN2C(=O)C2(Cc3ccccc3)CCOCC2)c1. The molecule has 7 heteroatoms. The summed E-state index contributed by atoms with van der Waals surface area (Å²) in [5, 5.41) is 0. The van der Waals surface area contributed by atoms with Crippen molar-refractivity contribution >= 4 is 11.9 Å². The van der Waals surface area contributed by atoms with E-state index in [9.17, 15) is 4.79 Å². The number of methoxy groups -OCH3 is 1. The van der Waals surface area contributed by atoms with Crippen LogP contribution in [-0.4, -0.2) is 47.6 Å². The van der Waals surface area contributed by atoms with E-state index in [0.29, 0.717) is 26.2 Å². The van der Waals surface area contributed by atoms with E-state index in [1.165, 1.54) is 5.56 Å². The number of anilines is 1. The standard InChI is InChI=1S/C28H32N4O3/c1-34-22-10-5-9-21(17-22)23-19-30-27(29)31-25(23)24-11-6-14-32(24)26(33)28(12-15-35-16-13-28)18-20-7-3-2-4-8-20/h2-5,7-10,17,19,24H,6,11-16,18H2,1H3,(H2,29,30,31)/t24-/m1/s1. The number of hydrogen-bond acceptors (Lipinski definition) is 6. The summed E-state index contributed by atoms with van der Waals surface area (Å²) in [5.41, 5.74) is 9.40. The molecular formula is C28H32N4O3. The highest BCUT2D eigenvalue weighted by Crippen LogP contribution is 2.43. The summed E-state index contributed by atoms with van der Waals surface area (Å²) in [4.78, 5) is 25.3. The number of carbonyl (C=O) groups is 1. The Kier molecular flexibility index (Phi) is 6.68. The Bertz CT molecular complexity index is 1180. The first-order valence-electron chi connectivity index (χ1n) is 12.3. The fourth-order valence-electron chi connectivity index (χ4n) is 5.49. The highest BCUT2D eigenvalue weighted by Gasteiger charge is 2.46. The van der Waals surface area contributed by atoms with Crippen molar-refractivity contribution in [3.63, 3.8) is 0 Å². The second-order valence-corrected chi connectivity index (χ2v) is 9.47. The number of nitrogens with zero attached hydrogens (tertiary/aromatic N) is 3. The van der Waals surface area contributed by atoms with Gasteiger partial charge in [0.15, 0.2) is 0 Å². The van der Waals surface area contributed by atoms with Gasteiger partial charge in [0.1, 0.15) is 5.75 Å². The van der Waals surface area contributed by atoms with Crippen LogP contribution in [0.5, 0.6) is 5.75 Å². The van der Waals surface area contributed by atoms with Gasteiger partial charge in [-0.3, -0.25) is 4.79 Å². The second kappa shape index (κ2) is 10.0. The summed E-state index contributed by atoms with van der Waals surface area (Å²) in [6, 6.07) is 18.0. The molecule has 3 heterocycles. The van der Waals surface area contributed by atoms with Gasteiger partial charge in [-0.05, 0) is 55.4 Å². The molecular weight excluding hydrogens is 440 g/mol. The first-order valence-corrected chi connectivity index (χ1v) is 12.3. The third-order valence-corrected chi connectivity index (χ3v) is 7.34. The van der Waals surface area contributed by atoms with Crippen LogP contribution in [0.1, 0.15) is 43.0 Å². The van der Waals surface area contributed by atoms with Crippen LogP contribution >= 0.6 is 0 Å². The van der Waals surface area contributed by atoms with Crippen molar-refractivity contribution in [2.24, 2.45) is 5.41 Å². The van der Waals surface area contributed by atoms with Gasteiger partial charge in [0.25, 0.3) is 0 Å². The fraction of sp³-hybridized carbons (Fsp3) is 0.393. The number of nitrogen functional groups attached to an aromatic ring is 1. The number of likely N-dealkylation sites (tertiary alicyclic amines) is 1. The maximum atomic E-state index is 14.3. The molecule has 2 aliphatic rings. The highest BCUT2D eigenvalue weighted by atomic mass is 16.5. The molecule has 2 aliphatic heterocycles. The minimum absolute atomic E-state index is 0.149. The average molecular weight is 473 g/mol. The van der Waals surface area contributed by atoms with Crippen LogP contribution in [0.25, 0.3) is 11.1 Å². The molecule has 2 saturated heterocycles. The molecule has 182 valence electrons. The largest absolute Gasteiger partial charge is 0.497 e. The van der Waals surface area contributed by atoms with Crippen molar-refractivity contribution in [2.45, 2.75) is 38.1 Å². The smallest absolute Gasteiger partial charge is 0.229 e. The lowest BCUT2D eigenvalue weighted by atomic mass is 9.73. The molecule has 1 amide bonds. The number of hydrogen-bond donors (Lipinski definition) is 1. The van der Waals surface area contributed by atoms with Crippen LogP contribution in [0.15, 0.2) is 60.8 Å². The molecule has 1 atom stereocenters. The summed E-state index contributed by atoms with van der Waals surface area (Å²) in [5.74, 6) is 1.17. The lowest BCUT2D eigenvalue weighted by molar-refractivity contribution is -0.149. The normalized spacial score (nSPS) is 19.5. The van der Waals surface area contributed by atoms with Crippen LogP contribution in [0, 0.1) is 5.41 Å². The Hall–Kier alpha value is -3.45. The molecule has 0 aliphatic carbocycles. The zero-order valence-electron chi connectivity index (χ0n) is 20.2. The average Bonchev–Trinajstić information content (AvgIpc) is 3.39. The molecule has 2 fully saturated rings. The first-order chi connectivity index (χ1) is 17.1. The molecule has 35 heavy (non-hydrogen) atoms. The van der Waals surface area contributed by atoms with Crippen molar-refractivity contribution in [1.82, 2.24) is 14.9 Å². The van der Waals surface area contributed by atoms with E-state index in [-0.39, 0.29) is 17.9 Å². The van der Waals surface area contributed by atoms with Crippen LogP contribution in [0.3, 0.4) is 0 Å². The zero-order chi connectivity index (χ0) is 24.3. The van der Waals surface area contributed by atoms with E-state index in [1.807, 2.05) is 47.4 Å². The minimum atomic E-state index is -0.475. The Labute approximate surface area is 206 Å². The van der Waals surface area contributed by atoms with Crippen molar-refractivity contribution < 1.29 is 14.3 Å². The van der Waals surface area contributed by atoms with E-state index in [1.54, 1.807) is 13.3 Å². The molecule has 2 aromatic carbocycles. The van der Waals surface area contributed by atoms with E-state index in [4.69, 9.17) is 15.2 Å². The molecule has 0 radical (unpaired) electrons. The van der Waals surface area contributed by atoms with Gasteiger partial charge < -0.3 is 20.1 Å². The Morgan fingerprint density at radius 3 is 2.74 bits per heavy atom. The van der Waals surface area contributed by atoms with Crippen molar-refractivity contribution in [1.29, 1.82) is 0 Å². The van der Waals surface area contributed by atoms with Crippen LogP contribution in [0.2, 0.25) is 0 Å². The minimum Gasteiger partial charge on any atom is -0.497 e. The third-order valence-electron chi connectivity index (χ3n) is 7.34. The number of benzene rings is 2. The van der Waals surface area contributed by atoms with Gasteiger partial charge in [-0.25, -0.2) is 9.97 Å². The summed E-state index contributed by atoms with van der Waals surface area (Å²) >= 11 is 0. The van der Waals surface area contributed by atoms with Gasteiger partial charge in [0, 0.05) is 31.5 Å². The highest BCUT2D eigenvalue weighted by molar-refractivity contribution is 5.84. The summed E-state index contributed by atoms with van der Waals surface area (Å²) in [6.07, 6.45) is 5.69. The van der Waals surface area contributed by atoms with E-state index >= 15 is 0 Å². The molecule has 1 aromatic heterocycles. The van der Waals surface area contributed by atoms with Gasteiger partial charge in [0.2, 0.25) is 11.9 Å². The number of amides is 1. The second-order valence-electron chi connectivity index (χ2n) is 9.47. The van der Waals surface area contributed by atoms with E-state index < -0.39 is 5.41 Å². The van der Waals surface area contributed by atoms with Crippen LogP contribution < -0.4 is 10.5 Å². The van der Waals surface area contributed by atoms with Gasteiger partial charge in [-0.15, -0.1) is 0 Å². The summed E-state index contributed by atoms with van der Waals surface area (Å²) in [6.45, 7) is 1.92. The topological polar surface area (TPSA) is 90.6 Å². The number of aromatic nitrogens is 2. The Morgan fingerprint density at radius 2 is 1.97 bits per heavy atom. The van der Waals surface area contributed by atoms with E-state index in [0.717, 1.165) is 48.3 Å². The first kappa shape index (κ1) is 23.3. The van der Waals surface area contributed by atoms with Crippen molar-refractivity contribution in [2.75, 3.05) is 32.6 Å². The van der Waals surface area contributed by atoms with E-state index in [2.05, 4.69) is 22.1 Å². The quantitative estimate of drug-likeness (QED) is 0.571. The third kappa shape index (κ3) is 4.73. The predicted molar refractivity (Wildman–Crippen MR) is 135 cm³/mol. The number of nitrogens with two attached hydrogens (primary N) is 1. The van der Waals surface area contributed by atoms with Gasteiger partial charge in [0.05, 0.1) is 24.3 Å². The molecule has 5 rings (SSSR count).